The molecule has 1 N–H and O–H groups in total. The highest BCUT2D eigenvalue weighted by Crippen LogP contribution is 2.38. The van der Waals surface area contributed by atoms with E-state index in [1.54, 1.807) is 22.7 Å². The standard InChI is InChI=1S/C18H18N2O2S2/c21-18(22)12-7-9-20(10-8-12)16(15-6-3-11-23-15)17-19-13-4-1-2-5-14(13)24-17/h1-6,11-12,16H,7-10H2,(H,21,22). The molecule has 0 amide bonds. The van der Waals surface area contributed by atoms with Crippen molar-refractivity contribution in [2.75, 3.05) is 13.1 Å². The Morgan fingerprint density at radius 1 is 1.21 bits per heavy atom. The number of benzene rings is 1. The van der Waals surface area contributed by atoms with Gasteiger partial charge in [-0.3, -0.25) is 9.69 Å². The monoisotopic (exact) mass is 358 g/mol. The number of fused-ring (bicyclic) bond motifs is 1. The van der Waals surface area contributed by atoms with Crippen molar-refractivity contribution in [1.29, 1.82) is 0 Å². The number of carboxylic acids is 1. The zero-order valence-corrected chi connectivity index (χ0v) is 14.7. The van der Waals surface area contributed by atoms with Crippen molar-refractivity contribution in [3.63, 3.8) is 0 Å². The van der Waals surface area contributed by atoms with Crippen molar-refractivity contribution in [3.05, 3.63) is 51.7 Å². The second-order valence-corrected chi connectivity index (χ2v) is 8.13. The minimum absolute atomic E-state index is 0.136. The molecule has 0 spiro atoms. The van der Waals surface area contributed by atoms with Gasteiger partial charge in [-0.2, -0.15) is 0 Å². The van der Waals surface area contributed by atoms with Crippen LogP contribution >= 0.6 is 22.7 Å². The second kappa shape index (κ2) is 6.63. The van der Waals surface area contributed by atoms with Gasteiger partial charge in [0, 0.05) is 4.88 Å². The van der Waals surface area contributed by atoms with Crippen molar-refractivity contribution in [2.45, 2.75) is 18.9 Å². The highest BCUT2D eigenvalue weighted by atomic mass is 32.1. The van der Waals surface area contributed by atoms with Gasteiger partial charge in [0.15, 0.2) is 0 Å². The maximum atomic E-state index is 11.2. The van der Waals surface area contributed by atoms with Crippen molar-refractivity contribution in [2.24, 2.45) is 5.92 Å². The Hall–Kier alpha value is -1.76. The van der Waals surface area contributed by atoms with Crippen LogP contribution in [0, 0.1) is 5.92 Å². The van der Waals surface area contributed by atoms with Gasteiger partial charge in [0.1, 0.15) is 5.01 Å². The number of aliphatic carboxylic acids is 1. The molecule has 3 aromatic rings. The molecule has 24 heavy (non-hydrogen) atoms. The van der Waals surface area contributed by atoms with Gasteiger partial charge < -0.3 is 5.11 Å². The number of rotatable bonds is 4. The smallest absolute Gasteiger partial charge is 0.306 e. The van der Waals surface area contributed by atoms with Crippen LogP contribution in [0.3, 0.4) is 0 Å². The minimum Gasteiger partial charge on any atom is -0.481 e. The predicted octanol–water partition coefficient (Wildman–Crippen LogP) is 4.24. The summed E-state index contributed by atoms with van der Waals surface area (Å²) in [5.41, 5.74) is 1.04. The van der Waals surface area contributed by atoms with Gasteiger partial charge in [-0.1, -0.05) is 18.2 Å². The topological polar surface area (TPSA) is 53.4 Å². The Morgan fingerprint density at radius 3 is 2.67 bits per heavy atom. The van der Waals surface area contributed by atoms with Crippen LogP contribution in [0.2, 0.25) is 0 Å². The third kappa shape index (κ3) is 2.97. The number of likely N-dealkylation sites (tertiary alicyclic amines) is 1. The Morgan fingerprint density at radius 2 is 2.00 bits per heavy atom. The number of para-hydroxylation sites is 1. The fourth-order valence-electron chi connectivity index (χ4n) is 3.32. The molecule has 1 aliphatic heterocycles. The molecule has 0 aliphatic carbocycles. The number of nitrogens with zero attached hydrogens (tertiary/aromatic N) is 2. The third-order valence-corrected chi connectivity index (χ3v) is 6.61. The molecule has 4 rings (SSSR count). The van der Waals surface area contributed by atoms with Crippen molar-refractivity contribution < 1.29 is 9.90 Å². The van der Waals surface area contributed by atoms with Crippen LogP contribution in [0.25, 0.3) is 10.2 Å². The van der Waals surface area contributed by atoms with Gasteiger partial charge in [0.25, 0.3) is 0 Å². The molecule has 1 aliphatic rings. The van der Waals surface area contributed by atoms with Crippen molar-refractivity contribution >= 4 is 38.9 Å². The van der Waals surface area contributed by atoms with Crippen LogP contribution in [0.5, 0.6) is 0 Å². The van der Waals surface area contributed by atoms with E-state index in [1.807, 2.05) is 12.1 Å². The molecule has 1 fully saturated rings. The van der Waals surface area contributed by atoms with E-state index in [0.29, 0.717) is 12.8 Å². The highest BCUT2D eigenvalue weighted by Gasteiger charge is 2.32. The SMILES string of the molecule is O=C(O)C1CCN(C(c2cccs2)c2nc3ccccc3s2)CC1. The summed E-state index contributed by atoms with van der Waals surface area (Å²) in [5, 5.41) is 12.4. The first-order valence-electron chi connectivity index (χ1n) is 8.08. The summed E-state index contributed by atoms with van der Waals surface area (Å²) in [6.45, 7) is 1.60. The highest BCUT2D eigenvalue weighted by molar-refractivity contribution is 7.18. The molecule has 2 aromatic heterocycles. The van der Waals surface area contributed by atoms with Crippen LogP contribution in [0.1, 0.15) is 28.8 Å². The summed E-state index contributed by atoms with van der Waals surface area (Å²) >= 11 is 3.49. The molecule has 1 unspecified atom stereocenters. The summed E-state index contributed by atoms with van der Waals surface area (Å²) < 4.78 is 1.20. The third-order valence-electron chi connectivity index (χ3n) is 4.60. The lowest BCUT2D eigenvalue weighted by molar-refractivity contribution is -0.143. The Kier molecular flexibility index (Phi) is 4.35. The number of thiazole rings is 1. The fraction of sp³-hybridized carbons (Fsp3) is 0.333. The minimum atomic E-state index is -0.665. The number of hydrogen-bond donors (Lipinski definition) is 1. The quantitative estimate of drug-likeness (QED) is 0.758. The Labute approximate surface area is 148 Å². The molecular weight excluding hydrogens is 340 g/mol. The van der Waals surface area contributed by atoms with Crippen LogP contribution < -0.4 is 0 Å². The number of hydrogen-bond acceptors (Lipinski definition) is 5. The summed E-state index contributed by atoms with van der Waals surface area (Å²) in [5.74, 6) is -0.872. The maximum Gasteiger partial charge on any atom is 0.306 e. The molecule has 3 heterocycles. The number of aromatic nitrogens is 1. The molecule has 124 valence electrons. The van der Waals surface area contributed by atoms with E-state index >= 15 is 0 Å². The second-order valence-electron chi connectivity index (χ2n) is 6.09. The van der Waals surface area contributed by atoms with E-state index in [4.69, 9.17) is 4.98 Å². The average molecular weight is 358 g/mol. The molecule has 0 bridgehead atoms. The van der Waals surface area contributed by atoms with Crippen LogP contribution in [-0.2, 0) is 4.79 Å². The molecule has 4 nitrogen and oxygen atoms in total. The zero-order valence-electron chi connectivity index (χ0n) is 13.1. The maximum absolute atomic E-state index is 11.2. The average Bonchev–Trinajstić information content (AvgIpc) is 3.25. The number of carbonyl (C=O) groups is 1. The van der Waals surface area contributed by atoms with Gasteiger partial charge in [0.05, 0.1) is 22.2 Å². The van der Waals surface area contributed by atoms with Gasteiger partial charge in [-0.15, -0.1) is 22.7 Å². The van der Waals surface area contributed by atoms with E-state index in [0.717, 1.165) is 23.6 Å². The van der Waals surface area contributed by atoms with Crippen molar-refractivity contribution in [3.8, 4) is 0 Å². The summed E-state index contributed by atoms with van der Waals surface area (Å²) in [6, 6.07) is 12.6. The van der Waals surface area contributed by atoms with E-state index in [1.165, 1.54) is 9.58 Å². The van der Waals surface area contributed by atoms with Gasteiger partial charge in [0.2, 0.25) is 0 Å². The predicted molar refractivity (Wildman–Crippen MR) is 97.7 cm³/mol. The summed E-state index contributed by atoms with van der Waals surface area (Å²) in [4.78, 5) is 19.8. The summed E-state index contributed by atoms with van der Waals surface area (Å²) in [7, 11) is 0. The van der Waals surface area contributed by atoms with Gasteiger partial charge in [-0.25, -0.2) is 4.98 Å². The number of carboxylic acid groups (broad SMARTS) is 1. The zero-order chi connectivity index (χ0) is 16.5. The molecule has 1 aromatic carbocycles. The number of thiophene rings is 1. The van der Waals surface area contributed by atoms with Gasteiger partial charge >= 0.3 is 5.97 Å². The lowest BCUT2D eigenvalue weighted by atomic mass is 9.96. The fourth-order valence-corrected chi connectivity index (χ4v) is 5.37. The van der Waals surface area contributed by atoms with Gasteiger partial charge in [-0.05, 0) is 49.5 Å². The largest absolute Gasteiger partial charge is 0.481 e. The van der Waals surface area contributed by atoms with E-state index in [2.05, 4.69) is 34.5 Å². The lowest BCUT2D eigenvalue weighted by Crippen LogP contribution is -2.38. The first kappa shape index (κ1) is 15.7. The summed E-state index contributed by atoms with van der Waals surface area (Å²) in [6.07, 6.45) is 1.42. The molecule has 1 atom stereocenters. The lowest BCUT2D eigenvalue weighted by Gasteiger charge is -2.35. The Balaban J connectivity index is 1.67. The number of piperidine rings is 1. The molecular formula is C18H18N2O2S2. The van der Waals surface area contributed by atoms with E-state index in [-0.39, 0.29) is 12.0 Å². The van der Waals surface area contributed by atoms with Crippen LogP contribution in [-0.4, -0.2) is 34.0 Å². The molecule has 0 radical (unpaired) electrons. The first-order valence-corrected chi connectivity index (χ1v) is 9.78. The molecule has 0 saturated carbocycles. The van der Waals surface area contributed by atoms with Crippen LogP contribution in [0.15, 0.2) is 41.8 Å². The normalized spacial score (nSPS) is 18.0. The molecule has 1 saturated heterocycles. The Bertz CT molecular complexity index is 803. The van der Waals surface area contributed by atoms with E-state index < -0.39 is 5.97 Å². The first-order chi connectivity index (χ1) is 11.7. The van der Waals surface area contributed by atoms with Crippen molar-refractivity contribution in [1.82, 2.24) is 9.88 Å². The van der Waals surface area contributed by atoms with Crippen LogP contribution in [0.4, 0.5) is 0 Å². The molecule has 6 heteroatoms. The van der Waals surface area contributed by atoms with E-state index in [9.17, 15) is 9.90 Å².